The van der Waals surface area contributed by atoms with Gasteiger partial charge in [0, 0.05) is 16.0 Å². The Morgan fingerprint density at radius 3 is 2.17 bits per heavy atom. The van der Waals surface area contributed by atoms with Crippen molar-refractivity contribution in [2.45, 2.75) is 31.1 Å². The average molecular weight is 327 g/mol. The average Bonchev–Trinajstić information content (AvgIpc) is 2.52. The number of carbonyl (C=O) groups excluding carboxylic acids is 2. The highest BCUT2D eigenvalue weighted by atomic mass is 32.2. The number of thioether (sulfide) groups is 1. The molecule has 0 aliphatic rings. The summed E-state index contributed by atoms with van der Waals surface area (Å²) in [6.45, 7) is 6.36. The van der Waals surface area contributed by atoms with E-state index >= 15 is 0 Å². The molecule has 2 aromatic carbocycles. The number of benzene rings is 2. The molecule has 0 fully saturated rings. The summed E-state index contributed by atoms with van der Waals surface area (Å²) in [6, 6.07) is 14.1. The zero-order chi connectivity index (χ0) is 17.0. The van der Waals surface area contributed by atoms with Gasteiger partial charge in [-0.15, -0.1) is 11.8 Å². The summed E-state index contributed by atoms with van der Waals surface area (Å²) in [5.74, 6) is -1.06. The zero-order valence-electron chi connectivity index (χ0n) is 13.5. The summed E-state index contributed by atoms with van der Waals surface area (Å²) in [5, 5.41) is 11.1. The summed E-state index contributed by atoms with van der Waals surface area (Å²) in [5.41, 5.74) is 1.97. The Bertz CT molecular complexity index is 712. The Morgan fingerprint density at radius 2 is 1.61 bits per heavy atom. The molecule has 0 unspecified atom stereocenters. The lowest BCUT2D eigenvalue weighted by atomic mass is 9.86. The van der Waals surface area contributed by atoms with Crippen LogP contribution in [0.5, 0.6) is 0 Å². The Morgan fingerprint density at radius 1 is 1.00 bits per heavy atom. The van der Waals surface area contributed by atoms with Gasteiger partial charge in [-0.3, -0.25) is 4.79 Å². The van der Waals surface area contributed by atoms with E-state index in [0.717, 1.165) is 0 Å². The largest absolute Gasteiger partial charge is 0.545 e. The topological polar surface area (TPSA) is 57.2 Å². The maximum atomic E-state index is 12.3. The van der Waals surface area contributed by atoms with Gasteiger partial charge in [0.05, 0.1) is 11.7 Å². The van der Waals surface area contributed by atoms with E-state index < -0.39 is 5.97 Å². The molecule has 4 heteroatoms. The van der Waals surface area contributed by atoms with Gasteiger partial charge in [-0.25, -0.2) is 0 Å². The monoisotopic (exact) mass is 327 g/mol. The molecule has 0 saturated heterocycles. The summed E-state index contributed by atoms with van der Waals surface area (Å²) < 4.78 is 0. The smallest absolute Gasteiger partial charge is 0.173 e. The molecule has 3 nitrogen and oxygen atoms in total. The maximum absolute atomic E-state index is 12.3. The lowest BCUT2D eigenvalue weighted by Crippen LogP contribution is -2.23. The maximum Gasteiger partial charge on any atom is 0.173 e. The number of ketones is 1. The molecule has 0 saturated carbocycles. The van der Waals surface area contributed by atoms with Crippen molar-refractivity contribution in [3.05, 3.63) is 65.2 Å². The van der Waals surface area contributed by atoms with Crippen molar-refractivity contribution < 1.29 is 14.7 Å². The Balaban J connectivity index is 2.07. The van der Waals surface area contributed by atoms with E-state index in [0.29, 0.717) is 10.5 Å². The van der Waals surface area contributed by atoms with E-state index in [2.05, 4.69) is 20.8 Å². The van der Waals surface area contributed by atoms with Crippen LogP contribution in [0.3, 0.4) is 0 Å². The minimum Gasteiger partial charge on any atom is -0.545 e. The molecule has 0 radical (unpaired) electrons. The first-order chi connectivity index (χ1) is 10.8. The van der Waals surface area contributed by atoms with Crippen LogP contribution in [-0.4, -0.2) is 17.5 Å². The number of hydrogen-bond donors (Lipinski definition) is 0. The molecule has 0 aliphatic heterocycles. The molecule has 0 spiro atoms. The third-order valence-electron chi connectivity index (χ3n) is 3.54. The van der Waals surface area contributed by atoms with Crippen LogP contribution >= 0.6 is 11.8 Å². The highest BCUT2D eigenvalue weighted by Gasteiger charge is 2.14. The van der Waals surface area contributed by atoms with Crippen molar-refractivity contribution in [3.8, 4) is 0 Å². The van der Waals surface area contributed by atoms with E-state index in [4.69, 9.17) is 0 Å². The molecular weight excluding hydrogens is 308 g/mol. The van der Waals surface area contributed by atoms with Gasteiger partial charge in [0.25, 0.3) is 0 Å². The van der Waals surface area contributed by atoms with E-state index in [-0.39, 0.29) is 22.5 Å². The van der Waals surface area contributed by atoms with Crippen molar-refractivity contribution in [3.63, 3.8) is 0 Å². The molecule has 0 aliphatic carbocycles. The fourth-order valence-electron chi connectivity index (χ4n) is 2.14. The fraction of sp³-hybridized carbons (Fsp3) is 0.263. The molecule has 0 amide bonds. The van der Waals surface area contributed by atoms with Gasteiger partial charge >= 0.3 is 0 Å². The summed E-state index contributed by atoms with van der Waals surface area (Å²) in [7, 11) is 0. The predicted octanol–water partition coefficient (Wildman–Crippen LogP) is 3.32. The van der Waals surface area contributed by atoms with Crippen LogP contribution in [0.1, 0.15) is 47.1 Å². The van der Waals surface area contributed by atoms with Gasteiger partial charge < -0.3 is 9.90 Å². The van der Waals surface area contributed by atoms with Crippen LogP contribution in [0.2, 0.25) is 0 Å². The van der Waals surface area contributed by atoms with Gasteiger partial charge in [0.15, 0.2) is 5.78 Å². The number of carbonyl (C=O) groups is 2. The summed E-state index contributed by atoms with van der Waals surface area (Å²) in [4.78, 5) is 23.9. The van der Waals surface area contributed by atoms with Crippen molar-refractivity contribution in [1.82, 2.24) is 0 Å². The van der Waals surface area contributed by atoms with Gasteiger partial charge in [0.1, 0.15) is 0 Å². The molecule has 2 aromatic rings. The van der Waals surface area contributed by atoms with Crippen LogP contribution in [0.25, 0.3) is 0 Å². The quantitative estimate of drug-likeness (QED) is 0.624. The Kier molecular flexibility index (Phi) is 5.26. The fourth-order valence-corrected chi connectivity index (χ4v) is 3.08. The number of rotatable bonds is 5. The number of carboxylic acids is 1. The number of hydrogen-bond acceptors (Lipinski definition) is 4. The highest BCUT2D eigenvalue weighted by Crippen LogP contribution is 2.25. The first-order valence-electron chi connectivity index (χ1n) is 7.36. The lowest BCUT2D eigenvalue weighted by Gasteiger charge is -2.19. The van der Waals surface area contributed by atoms with Crippen LogP contribution in [0.4, 0.5) is 0 Å². The molecule has 2 rings (SSSR count). The van der Waals surface area contributed by atoms with Crippen molar-refractivity contribution >= 4 is 23.5 Å². The van der Waals surface area contributed by atoms with E-state index in [1.165, 1.54) is 23.4 Å². The van der Waals surface area contributed by atoms with E-state index in [9.17, 15) is 14.7 Å². The number of carboxylic acid groups (broad SMARTS) is 1. The van der Waals surface area contributed by atoms with Crippen molar-refractivity contribution in [2.75, 3.05) is 5.75 Å². The summed E-state index contributed by atoms with van der Waals surface area (Å²) >= 11 is 1.22. The minimum atomic E-state index is -1.23. The van der Waals surface area contributed by atoms with Gasteiger partial charge in [0.2, 0.25) is 0 Å². The zero-order valence-corrected chi connectivity index (χ0v) is 14.3. The molecule has 0 aromatic heterocycles. The Hall–Kier alpha value is -2.07. The lowest BCUT2D eigenvalue weighted by molar-refractivity contribution is -0.255. The summed E-state index contributed by atoms with van der Waals surface area (Å²) in [6.07, 6.45) is 0. The third kappa shape index (κ3) is 4.45. The van der Waals surface area contributed by atoms with Crippen molar-refractivity contribution in [1.29, 1.82) is 0 Å². The van der Waals surface area contributed by atoms with Crippen LogP contribution in [0.15, 0.2) is 53.4 Å². The molecule has 120 valence electrons. The first-order valence-corrected chi connectivity index (χ1v) is 8.34. The number of aromatic carboxylic acids is 1. The highest BCUT2D eigenvalue weighted by molar-refractivity contribution is 8.00. The van der Waals surface area contributed by atoms with Gasteiger partial charge in [-0.1, -0.05) is 63.2 Å². The normalized spacial score (nSPS) is 11.3. The van der Waals surface area contributed by atoms with Gasteiger partial charge in [-0.2, -0.15) is 0 Å². The van der Waals surface area contributed by atoms with Gasteiger partial charge in [-0.05, 0) is 17.0 Å². The second kappa shape index (κ2) is 7.01. The predicted molar refractivity (Wildman–Crippen MR) is 91.0 cm³/mol. The molecule has 0 N–H and O–H groups in total. The molecule has 0 atom stereocenters. The van der Waals surface area contributed by atoms with Crippen LogP contribution < -0.4 is 5.11 Å². The Labute approximate surface area is 140 Å². The second-order valence-electron chi connectivity index (χ2n) is 6.32. The first kappa shape index (κ1) is 17.3. The number of Topliss-reactive ketones (excluding diaryl/α,β-unsaturated/α-hetero) is 1. The van der Waals surface area contributed by atoms with Crippen LogP contribution in [0, 0.1) is 0 Å². The minimum absolute atomic E-state index is 0.0244. The standard InChI is InChI=1S/C19H20O3S/c1-19(2,3)14-10-8-13(9-11-14)16(20)12-23-17-7-5-4-6-15(17)18(21)22/h4-11H,12H2,1-3H3,(H,21,22)/p-1. The molecular formula is C19H19O3S-. The van der Waals surface area contributed by atoms with Crippen molar-refractivity contribution in [2.24, 2.45) is 0 Å². The molecule has 0 heterocycles. The molecule has 0 bridgehead atoms. The second-order valence-corrected chi connectivity index (χ2v) is 7.34. The SMILES string of the molecule is CC(C)(C)c1ccc(C(=O)CSc2ccccc2C(=O)[O-])cc1. The van der Waals surface area contributed by atoms with Crippen LogP contribution in [-0.2, 0) is 5.41 Å². The third-order valence-corrected chi connectivity index (χ3v) is 4.61. The molecule has 23 heavy (non-hydrogen) atoms. The van der Waals surface area contributed by atoms with E-state index in [1.807, 2.05) is 24.3 Å². The van der Waals surface area contributed by atoms with E-state index in [1.54, 1.807) is 18.2 Å².